The molecular formula is C17H11Cl2NO3. The van der Waals surface area contributed by atoms with E-state index in [9.17, 15) is 4.79 Å². The summed E-state index contributed by atoms with van der Waals surface area (Å²) in [5.74, 6) is 0.208. The standard InChI is InChI=1S/C17H11Cl2NO3/c1-22-14-8-3-2-6-11(14)16-20-13(17(21)23-16)9-10-5-4-7-12(18)15(10)19/h2-9H,1H3/b13-9+. The minimum absolute atomic E-state index is 0.148. The third-order valence-electron chi connectivity index (χ3n) is 3.23. The Hall–Kier alpha value is -2.30. The number of rotatable bonds is 3. The van der Waals surface area contributed by atoms with Gasteiger partial charge in [0.05, 0.1) is 22.7 Å². The van der Waals surface area contributed by atoms with Crippen molar-refractivity contribution in [2.75, 3.05) is 7.11 Å². The van der Waals surface area contributed by atoms with Crippen molar-refractivity contribution in [3.05, 3.63) is 69.3 Å². The van der Waals surface area contributed by atoms with E-state index in [0.717, 1.165) is 0 Å². The molecule has 1 heterocycles. The predicted molar refractivity (Wildman–Crippen MR) is 90.1 cm³/mol. The summed E-state index contributed by atoms with van der Waals surface area (Å²) in [6, 6.07) is 12.3. The molecular weight excluding hydrogens is 337 g/mol. The van der Waals surface area contributed by atoms with Gasteiger partial charge in [-0.25, -0.2) is 9.79 Å². The highest BCUT2D eigenvalue weighted by atomic mass is 35.5. The average Bonchev–Trinajstić information content (AvgIpc) is 2.92. The van der Waals surface area contributed by atoms with E-state index in [4.69, 9.17) is 32.7 Å². The van der Waals surface area contributed by atoms with Gasteiger partial charge in [-0.1, -0.05) is 47.5 Å². The van der Waals surface area contributed by atoms with E-state index in [1.165, 1.54) is 0 Å². The summed E-state index contributed by atoms with van der Waals surface area (Å²) >= 11 is 12.1. The van der Waals surface area contributed by atoms with Crippen molar-refractivity contribution < 1.29 is 14.3 Å². The SMILES string of the molecule is COc1ccccc1C1=N/C(=C/c2cccc(Cl)c2Cl)C(=O)O1. The zero-order valence-electron chi connectivity index (χ0n) is 12.0. The monoisotopic (exact) mass is 347 g/mol. The number of esters is 1. The maximum absolute atomic E-state index is 12.0. The van der Waals surface area contributed by atoms with Crippen LogP contribution in [0.5, 0.6) is 5.75 Å². The number of carbonyl (C=O) groups excluding carboxylic acids is 1. The zero-order valence-corrected chi connectivity index (χ0v) is 13.6. The van der Waals surface area contributed by atoms with Gasteiger partial charge >= 0.3 is 5.97 Å². The van der Waals surface area contributed by atoms with Crippen molar-refractivity contribution in [2.45, 2.75) is 0 Å². The van der Waals surface area contributed by atoms with Crippen LogP contribution in [0.3, 0.4) is 0 Å². The van der Waals surface area contributed by atoms with E-state index in [1.54, 1.807) is 43.5 Å². The molecule has 3 rings (SSSR count). The lowest BCUT2D eigenvalue weighted by atomic mass is 10.2. The fraction of sp³-hybridized carbons (Fsp3) is 0.0588. The second-order valence-corrected chi connectivity index (χ2v) is 5.46. The number of ether oxygens (including phenoxy) is 2. The van der Waals surface area contributed by atoms with Gasteiger partial charge in [-0.05, 0) is 29.8 Å². The van der Waals surface area contributed by atoms with Crippen LogP contribution in [0.25, 0.3) is 6.08 Å². The maximum Gasteiger partial charge on any atom is 0.363 e. The van der Waals surface area contributed by atoms with Gasteiger partial charge in [0.25, 0.3) is 0 Å². The molecule has 0 aromatic heterocycles. The highest BCUT2D eigenvalue weighted by Crippen LogP contribution is 2.29. The van der Waals surface area contributed by atoms with E-state index in [0.29, 0.717) is 26.9 Å². The molecule has 0 saturated heterocycles. The first-order valence-electron chi connectivity index (χ1n) is 6.70. The van der Waals surface area contributed by atoms with Gasteiger partial charge in [0.15, 0.2) is 5.70 Å². The summed E-state index contributed by atoms with van der Waals surface area (Å²) in [4.78, 5) is 16.3. The van der Waals surface area contributed by atoms with Crippen LogP contribution in [0.1, 0.15) is 11.1 Å². The molecule has 4 nitrogen and oxygen atoms in total. The number of halogens is 2. The molecule has 0 aliphatic carbocycles. The van der Waals surface area contributed by atoms with Gasteiger partial charge in [-0.15, -0.1) is 0 Å². The molecule has 0 amide bonds. The first kappa shape index (κ1) is 15.6. The molecule has 6 heteroatoms. The maximum atomic E-state index is 12.0. The van der Waals surface area contributed by atoms with Gasteiger partial charge in [0.1, 0.15) is 5.75 Å². The predicted octanol–water partition coefficient (Wildman–Crippen LogP) is 4.35. The summed E-state index contributed by atoms with van der Waals surface area (Å²) in [5.41, 5.74) is 1.34. The largest absolute Gasteiger partial charge is 0.496 e. The van der Waals surface area contributed by atoms with Crippen molar-refractivity contribution in [1.82, 2.24) is 0 Å². The van der Waals surface area contributed by atoms with E-state index in [-0.39, 0.29) is 11.6 Å². The Bertz CT molecular complexity index is 843. The Labute approximate surface area is 143 Å². The number of para-hydroxylation sites is 1. The lowest BCUT2D eigenvalue weighted by Crippen LogP contribution is -2.06. The van der Waals surface area contributed by atoms with Crippen molar-refractivity contribution in [3.8, 4) is 5.75 Å². The van der Waals surface area contributed by atoms with Crippen molar-refractivity contribution in [2.24, 2.45) is 4.99 Å². The Morgan fingerprint density at radius 1 is 1.13 bits per heavy atom. The third kappa shape index (κ3) is 3.09. The minimum Gasteiger partial charge on any atom is -0.496 e. The Kier molecular flexibility index (Phi) is 4.37. The van der Waals surface area contributed by atoms with Gasteiger partial charge in [0, 0.05) is 0 Å². The van der Waals surface area contributed by atoms with Gasteiger partial charge in [-0.2, -0.15) is 0 Å². The van der Waals surface area contributed by atoms with Gasteiger partial charge in [0.2, 0.25) is 5.90 Å². The molecule has 0 spiro atoms. The van der Waals surface area contributed by atoms with Crippen LogP contribution in [0.2, 0.25) is 10.0 Å². The number of hydrogen-bond donors (Lipinski definition) is 0. The number of carbonyl (C=O) groups is 1. The molecule has 0 radical (unpaired) electrons. The highest BCUT2D eigenvalue weighted by molar-refractivity contribution is 6.43. The number of benzene rings is 2. The highest BCUT2D eigenvalue weighted by Gasteiger charge is 2.26. The molecule has 0 N–H and O–H groups in total. The Morgan fingerprint density at radius 3 is 2.70 bits per heavy atom. The number of nitrogens with zero attached hydrogens (tertiary/aromatic N) is 1. The molecule has 116 valence electrons. The summed E-state index contributed by atoms with van der Waals surface area (Å²) in [6.07, 6.45) is 1.54. The van der Waals surface area contributed by atoms with Gasteiger partial charge < -0.3 is 9.47 Å². The number of hydrogen-bond acceptors (Lipinski definition) is 4. The first-order chi connectivity index (χ1) is 11.1. The van der Waals surface area contributed by atoms with Crippen LogP contribution in [0.4, 0.5) is 0 Å². The molecule has 23 heavy (non-hydrogen) atoms. The lowest BCUT2D eigenvalue weighted by molar-refractivity contribution is -0.129. The fourth-order valence-electron chi connectivity index (χ4n) is 2.12. The first-order valence-corrected chi connectivity index (χ1v) is 7.45. The minimum atomic E-state index is -0.554. The quantitative estimate of drug-likeness (QED) is 0.612. The molecule has 0 fully saturated rings. The second kappa shape index (κ2) is 6.44. The smallest absolute Gasteiger partial charge is 0.363 e. The molecule has 0 atom stereocenters. The summed E-state index contributed by atoms with van der Waals surface area (Å²) < 4.78 is 10.5. The van der Waals surface area contributed by atoms with E-state index in [1.807, 2.05) is 12.1 Å². The average molecular weight is 348 g/mol. The van der Waals surface area contributed by atoms with E-state index >= 15 is 0 Å². The van der Waals surface area contributed by atoms with Crippen LogP contribution < -0.4 is 4.74 Å². The van der Waals surface area contributed by atoms with E-state index in [2.05, 4.69) is 4.99 Å². The summed E-state index contributed by atoms with van der Waals surface area (Å²) in [7, 11) is 1.54. The molecule has 1 aliphatic heterocycles. The van der Waals surface area contributed by atoms with Crippen LogP contribution in [0.15, 0.2) is 53.2 Å². The van der Waals surface area contributed by atoms with E-state index < -0.39 is 5.97 Å². The van der Waals surface area contributed by atoms with Crippen LogP contribution in [-0.2, 0) is 9.53 Å². The zero-order chi connectivity index (χ0) is 16.4. The Morgan fingerprint density at radius 2 is 1.91 bits per heavy atom. The molecule has 2 aromatic carbocycles. The number of cyclic esters (lactones) is 1. The molecule has 2 aromatic rings. The number of aliphatic imine (C=N–C) groups is 1. The molecule has 0 bridgehead atoms. The molecule has 0 saturated carbocycles. The third-order valence-corrected chi connectivity index (χ3v) is 4.07. The van der Waals surface area contributed by atoms with Crippen LogP contribution >= 0.6 is 23.2 Å². The summed E-state index contributed by atoms with van der Waals surface area (Å²) in [6.45, 7) is 0. The topological polar surface area (TPSA) is 47.9 Å². The number of methoxy groups -OCH3 is 1. The molecule has 0 unspecified atom stereocenters. The molecule has 1 aliphatic rings. The van der Waals surface area contributed by atoms with Crippen LogP contribution in [0, 0.1) is 0 Å². The van der Waals surface area contributed by atoms with Crippen molar-refractivity contribution in [3.63, 3.8) is 0 Å². The Balaban J connectivity index is 2.02. The van der Waals surface area contributed by atoms with Crippen LogP contribution in [-0.4, -0.2) is 19.0 Å². The second-order valence-electron chi connectivity index (χ2n) is 4.68. The fourth-order valence-corrected chi connectivity index (χ4v) is 2.49. The normalized spacial score (nSPS) is 15.5. The van der Waals surface area contributed by atoms with Gasteiger partial charge in [-0.3, -0.25) is 0 Å². The summed E-state index contributed by atoms with van der Waals surface area (Å²) in [5, 5.41) is 0.761. The van der Waals surface area contributed by atoms with Crippen molar-refractivity contribution >= 4 is 41.1 Å². The van der Waals surface area contributed by atoms with Crippen molar-refractivity contribution in [1.29, 1.82) is 0 Å². The lowest BCUT2D eigenvalue weighted by Gasteiger charge is -2.05.